The molecule has 0 N–H and O–H groups in total. The summed E-state index contributed by atoms with van der Waals surface area (Å²) < 4.78 is 31.2. The molecule has 0 spiro atoms. The average molecular weight is 257 g/mol. The van der Waals surface area contributed by atoms with Gasteiger partial charge in [-0.05, 0) is 29.8 Å². The summed E-state index contributed by atoms with van der Waals surface area (Å²) in [7, 11) is 1.26. The molecular weight excluding hydrogens is 250 g/mol. The summed E-state index contributed by atoms with van der Waals surface area (Å²) in [5.74, 6) is -2.22. The standard InChI is InChI=1S/C11H7ClF2N2O/c1-17-9-5-6(4-7(13)10(9)14)8-2-3-15-11(12)16-8/h2-5H,1H3. The third-order valence-electron chi connectivity index (χ3n) is 2.14. The minimum absolute atomic E-state index is 0.0335. The number of hydrogen-bond donors (Lipinski definition) is 0. The van der Waals surface area contributed by atoms with Crippen molar-refractivity contribution < 1.29 is 13.5 Å². The van der Waals surface area contributed by atoms with Crippen molar-refractivity contribution in [2.45, 2.75) is 0 Å². The fourth-order valence-corrected chi connectivity index (χ4v) is 1.50. The van der Waals surface area contributed by atoms with Crippen molar-refractivity contribution in [2.75, 3.05) is 7.11 Å². The molecule has 17 heavy (non-hydrogen) atoms. The van der Waals surface area contributed by atoms with E-state index in [0.29, 0.717) is 11.3 Å². The fraction of sp³-hybridized carbons (Fsp3) is 0.0909. The maximum atomic E-state index is 13.3. The van der Waals surface area contributed by atoms with E-state index in [1.165, 1.54) is 25.4 Å². The van der Waals surface area contributed by atoms with Crippen molar-refractivity contribution >= 4 is 11.6 Å². The molecule has 0 bridgehead atoms. The van der Waals surface area contributed by atoms with Crippen molar-refractivity contribution in [1.29, 1.82) is 0 Å². The lowest BCUT2D eigenvalue weighted by Gasteiger charge is -2.06. The van der Waals surface area contributed by atoms with E-state index in [-0.39, 0.29) is 11.0 Å². The second-order valence-electron chi connectivity index (χ2n) is 3.19. The number of benzene rings is 1. The van der Waals surface area contributed by atoms with Gasteiger partial charge in [-0.15, -0.1) is 0 Å². The summed E-state index contributed by atoms with van der Waals surface area (Å²) in [6.07, 6.45) is 1.43. The van der Waals surface area contributed by atoms with Crippen molar-refractivity contribution in [1.82, 2.24) is 9.97 Å². The molecule has 2 rings (SSSR count). The molecule has 1 aromatic heterocycles. The Morgan fingerprint density at radius 3 is 2.71 bits per heavy atom. The van der Waals surface area contributed by atoms with Gasteiger partial charge in [0.15, 0.2) is 11.6 Å². The number of ether oxygens (including phenoxy) is 1. The second kappa shape index (κ2) is 4.63. The number of methoxy groups -OCH3 is 1. The molecule has 3 nitrogen and oxygen atoms in total. The van der Waals surface area contributed by atoms with Crippen LogP contribution in [-0.4, -0.2) is 17.1 Å². The summed E-state index contributed by atoms with van der Waals surface area (Å²) in [6.45, 7) is 0. The predicted octanol–water partition coefficient (Wildman–Crippen LogP) is 3.08. The van der Waals surface area contributed by atoms with Gasteiger partial charge in [-0.2, -0.15) is 4.39 Å². The molecule has 88 valence electrons. The number of aromatic nitrogens is 2. The van der Waals surface area contributed by atoms with Crippen LogP contribution in [0.2, 0.25) is 5.28 Å². The molecule has 6 heteroatoms. The predicted molar refractivity (Wildman–Crippen MR) is 58.9 cm³/mol. The highest BCUT2D eigenvalue weighted by atomic mass is 35.5. The van der Waals surface area contributed by atoms with E-state index in [1.54, 1.807) is 0 Å². The Morgan fingerprint density at radius 1 is 1.29 bits per heavy atom. The summed E-state index contributed by atoms with van der Waals surface area (Å²) in [4.78, 5) is 7.60. The number of rotatable bonds is 2. The van der Waals surface area contributed by atoms with Crippen molar-refractivity contribution in [3.8, 4) is 17.0 Å². The zero-order valence-corrected chi connectivity index (χ0v) is 9.50. The first-order valence-corrected chi connectivity index (χ1v) is 5.01. The Kier molecular flexibility index (Phi) is 3.19. The number of hydrogen-bond acceptors (Lipinski definition) is 3. The van der Waals surface area contributed by atoms with Gasteiger partial charge in [0.1, 0.15) is 0 Å². The van der Waals surface area contributed by atoms with Crippen LogP contribution in [0.3, 0.4) is 0 Å². The first kappa shape index (κ1) is 11.7. The second-order valence-corrected chi connectivity index (χ2v) is 3.52. The third kappa shape index (κ3) is 2.34. The minimum Gasteiger partial charge on any atom is -0.494 e. The van der Waals surface area contributed by atoms with Crippen LogP contribution in [0.15, 0.2) is 24.4 Å². The van der Waals surface area contributed by atoms with Crippen LogP contribution in [0.1, 0.15) is 0 Å². The summed E-state index contributed by atoms with van der Waals surface area (Å²) >= 11 is 5.62. The highest BCUT2D eigenvalue weighted by molar-refractivity contribution is 6.28. The normalized spacial score (nSPS) is 10.4. The zero-order chi connectivity index (χ0) is 12.4. The van der Waals surface area contributed by atoms with Crippen LogP contribution >= 0.6 is 11.6 Å². The largest absolute Gasteiger partial charge is 0.494 e. The lowest BCUT2D eigenvalue weighted by Crippen LogP contribution is -1.95. The molecule has 0 saturated carbocycles. The molecule has 2 aromatic rings. The van der Waals surface area contributed by atoms with Gasteiger partial charge < -0.3 is 4.74 Å². The molecule has 0 fully saturated rings. The van der Waals surface area contributed by atoms with E-state index < -0.39 is 11.6 Å². The van der Waals surface area contributed by atoms with Gasteiger partial charge in [-0.25, -0.2) is 14.4 Å². The monoisotopic (exact) mass is 256 g/mol. The highest BCUT2D eigenvalue weighted by Crippen LogP contribution is 2.27. The summed E-state index contributed by atoms with van der Waals surface area (Å²) in [5.41, 5.74) is 0.757. The Bertz CT molecular complexity index is 563. The van der Waals surface area contributed by atoms with Crippen LogP contribution < -0.4 is 4.74 Å². The molecule has 0 atom stereocenters. The Labute approximate surface area is 101 Å². The molecule has 0 aliphatic heterocycles. The van der Waals surface area contributed by atoms with E-state index in [0.717, 1.165) is 6.07 Å². The number of nitrogens with zero attached hydrogens (tertiary/aromatic N) is 2. The molecule has 0 aliphatic carbocycles. The number of halogens is 3. The van der Waals surface area contributed by atoms with E-state index in [9.17, 15) is 8.78 Å². The molecule has 0 saturated heterocycles. The maximum absolute atomic E-state index is 13.3. The van der Waals surface area contributed by atoms with Gasteiger partial charge in [0, 0.05) is 11.8 Å². The fourth-order valence-electron chi connectivity index (χ4n) is 1.36. The molecule has 1 heterocycles. The molecule has 0 radical (unpaired) electrons. The van der Waals surface area contributed by atoms with Gasteiger partial charge in [0.25, 0.3) is 0 Å². The molecule has 1 aromatic carbocycles. The van der Waals surface area contributed by atoms with Crippen LogP contribution in [0.4, 0.5) is 8.78 Å². The zero-order valence-electron chi connectivity index (χ0n) is 8.75. The van der Waals surface area contributed by atoms with Crippen LogP contribution in [0.5, 0.6) is 5.75 Å². The average Bonchev–Trinajstić information content (AvgIpc) is 2.32. The maximum Gasteiger partial charge on any atom is 0.222 e. The van der Waals surface area contributed by atoms with E-state index >= 15 is 0 Å². The quantitative estimate of drug-likeness (QED) is 0.775. The van der Waals surface area contributed by atoms with Crippen LogP contribution in [0, 0.1) is 11.6 Å². The highest BCUT2D eigenvalue weighted by Gasteiger charge is 2.13. The van der Waals surface area contributed by atoms with Gasteiger partial charge in [0.2, 0.25) is 11.1 Å². The molecule has 0 aliphatic rings. The molecule has 0 unspecified atom stereocenters. The Balaban J connectivity index is 2.56. The van der Waals surface area contributed by atoms with Crippen molar-refractivity contribution in [3.63, 3.8) is 0 Å². The summed E-state index contributed by atoms with van der Waals surface area (Å²) in [6, 6.07) is 3.91. The lowest BCUT2D eigenvalue weighted by molar-refractivity contribution is 0.372. The van der Waals surface area contributed by atoms with Gasteiger partial charge in [0.05, 0.1) is 12.8 Å². The lowest BCUT2D eigenvalue weighted by atomic mass is 10.1. The van der Waals surface area contributed by atoms with E-state index in [2.05, 4.69) is 9.97 Å². The first-order valence-electron chi connectivity index (χ1n) is 4.64. The van der Waals surface area contributed by atoms with Crippen molar-refractivity contribution in [2.24, 2.45) is 0 Å². The van der Waals surface area contributed by atoms with Crippen LogP contribution in [-0.2, 0) is 0 Å². The third-order valence-corrected chi connectivity index (χ3v) is 2.32. The topological polar surface area (TPSA) is 35.0 Å². The van der Waals surface area contributed by atoms with Gasteiger partial charge in [-0.3, -0.25) is 0 Å². The Hall–Kier alpha value is -1.75. The smallest absolute Gasteiger partial charge is 0.222 e. The van der Waals surface area contributed by atoms with Crippen LogP contribution in [0.25, 0.3) is 11.3 Å². The molecular formula is C11H7ClF2N2O. The first-order chi connectivity index (χ1) is 8.11. The van der Waals surface area contributed by atoms with Gasteiger partial charge >= 0.3 is 0 Å². The molecule has 0 amide bonds. The minimum atomic E-state index is -1.03. The Morgan fingerprint density at radius 2 is 2.06 bits per heavy atom. The van der Waals surface area contributed by atoms with E-state index in [4.69, 9.17) is 16.3 Å². The SMILES string of the molecule is COc1cc(-c2ccnc(Cl)n2)cc(F)c1F. The van der Waals surface area contributed by atoms with E-state index in [1.807, 2.05) is 0 Å². The summed E-state index contributed by atoms with van der Waals surface area (Å²) in [5, 5.41) is 0.0335. The van der Waals surface area contributed by atoms with Gasteiger partial charge in [-0.1, -0.05) is 0 Å². The van der Waals surface area contributed by atoms with Crippen molar-refractivity contribution in [3.05, 3.63) is 41.3 Å².